The Morgan fingerprint density at radius 1 is 1.07 bits per heavy atom. The van der Waals surface area contributed by atoms with E-state index in [1.54, 1.807) is 13.8 Å². The molecule has 0 aliphatic carbocycles. The van der Waals surface area contributed by atoms with Crippen LogP contribution in [0.25, 0.3) is 0 Å². The number of hydrogen-bond donors (Lipinski definition) is 1. The summed E-state index contributed by atoms with van der Waals surface area (Å²) >= 11 is 0. The summed E-state index contributed by atoms with van der Waals surface area (Å²) in [7, 11) is 1.46. The lowest BCUT2D eigenvalue weighted by molar-refractivity contribution is -0.129. The zero-order valence-corrected chi connectivity index (χ0v) is 16.0. The van der Waals surface area contributed by atoms with Gasteiger partial charge in [0.1, 0.15) is 5.75 Å². The van der Waals surface area contributed by atoms with Gasteiger partial charge < -0.3 is 15.2 Å². The van der Waals surface area contributed by atoms with E-state index >= 15 is 0 Å². The largest absolute Gasteiger partial charge is 0.488 e. The Bertz CT molecular complexity index is 948. The van der Waals surface area contributed by atoms with Gasteiger partial charge in [0.25, 0.3) is 5.91 Å². The number of rotatable bonds is 6. The number of nitrogens with two attached hydrogens (primary N) is 1. The Balaban J connectivity index is 2.16. The van der Waals surface area contributed by atoms with Gasteiger partial charge in [-0.2, -0.15) is 8.78 Å². The lowest BCUT2D eigenvalue weighted by atomic mass is 9.82. The maximum absolute atomic E-state index is 14.2. The maximum Gasteiger partial charge on any atom is 0.387 e. The fourth-order valence-electron chi connectivity index (χ4n) is 3.13. The summed E-state index contributed by atoms with van der Waals surface area (Å²) in [6.07, 6.45) is -0.294. The van der Waals surface area contributed by atoms with Crippen molar-refractivity contribution < 1.29 is 27.4 Å². The van der Waals surface area contributed by atoms with E-state index in [9.17, 15) is 18.0 Å². The Morgan fingerprint density at radius 3 is 2.21 bits per heavy atom. The maximum atomic E-state index is 14.2. The number of halogens is 3. The van der Waals surface area contributed by atoms with Gasteiger partial charge in [0.15, 0.2) is 23.1 Å². The molecule has 0 bridgehead atoms. The zero-order chi connectivity index (χ0) is 21.3. The molecule has 0 spiro atoms. The fourth-order valence-corrected chi connectivity index (χ4v) is 3.13. The first-order valence-electron chi connectivity index (χ1n) is 8.80. The van der Waals surface area contributed by atoms with E-state index in [0.717, 1.165) is 0 Å². The summed E-state index contributed by atoms with van der Waals surface area (Å²) in [4.78, 5) is 18.7. The standard InChI is InChI=1S/C20H20F3N3O3/c1-11(2)28-16-10-13(6-9-15(16)21)20(17(27)26(3)19(24)25-20)12-4-7-14(8-5-12)29-18(22)23/h4-11,18H,1-3H3,(H2,24,25). The van der Waals surface area contributed by atoms with Crippen molar-refractivity contribution in [1.29, 1.82) is 0 Å². The molecule has 1 aliphatic rings. The van der Waals surface area contributed by atoms with Crippen molar-refractivity contribution in [2.75, 3.05) is 7.05 Å². The molecule has 0 fully saturated rings. The van der Waals surface area contributed by atoms with E-state index in [-0.39, 0.29) is 23.6 Å². The quantitative estimate of drug-likeness (QED) is 0.798. The molecule has 9 heteroatoms. The molecule has 6 nitrogen and oxygen atoms in total. The molecule has 2 aromatic carbocycles. The molecule has 0 aromatic heterocycles. The molecule has 0 saturated heterocycles. The number of benzene rings is 2. The van der Waals surface area contributed by atoms with Crippen molar-refractivity contribution >= 4 is 11.9 Å². The normalized spacial score (nSPS) is 19.1. The molecular formula is C20H20F3N3O3. The van der Waals surface area contributed by atoms with E-state index < -0.39 is 23.9 Å². The van der Waals surface area contributed by atoms with Gasteiger partial charge in [-0.3, -0.25) is 9.69 Å². The van der Waals surface area contributed by atoms with Crippen LogP contribution in [0.2, 0.25) is 0 Å². The number of hydrogen-bond acceptors (Lipinski definition) is 5. The number of carbonyl (C=O) groups excluding carboxylic acids is 1. The summed E-state index contributed by atoms with van der Waals surface area (Å²) in [6.45, 7) is 0.512. The van der Waals surface area contributed by atoms with Crippen molar-refractivity contribution in [2.45, 2.75) is 32.1 Å². The second kappa shape index (κ2) is 7.65. The number of likely N-dealkylation sites (N-methyl/N-ethyl adjacent to an activating group) is 1. The molecule has 2 N–H and O–H groups in total. The third-order valence-corrected chi connectivity index (χ3v) is 4.45. The smallest absolute Gasteiger partial charge is 0.387 e. The van der Waals surface area contributed by atoms with Crippen LogP contribution in [0.1, 0.15) is 25.0 Å². The second-order valence-corrected chi connectivity index (χ2v) is 6.76. The predicted octanol–water partition coefficient (Wildman–Crippen LogP) is 3.24. The minimum absolute atomic E-state index is 0.0291. The zero-order valence-electron chi connectivity index (χ0n) is 16.0. The van der Waals surface area contributed by atoms with Crippen molar-refractivity contribution in [3.8, 4) is 11.5 Å². The summed E-state index contributed by atoms with van der Waals surface area (Å²) in [5.74, 6) is -1.20. The van der Waals surface area contributed by atoms with E-state index in [1.807, 2.05) is 0 Å². The number of aliphatic imine (C=N–C) groups is 1. The van der Waals surface area contributed by atoms with Crippen LogP contribution in [0.3, 0.4) is 0 Å². The van der Waals surface area contributed by atoms with Gasteiger partial charge in [-0.25, -0.2) is 9.38 Å². The van der Waals surface area contributed by atoms with Crippen molar-refractivity contribution in [3.05, 3.63) is 59.4 Å². The van der Waals surface area contributed by atoms with Gasteiger partial charge in [-0.05, 0) is 49.2 Å². The van der Waals surface area contributed by atoms with E-state index in [2.05, 4.69) is 9.73 Å². The van der Waals surface area contributed by atoms with E-state index in [1.165, 1.54) is 54.4 Å². The predicted molar refractivity (Wildman–Crippen MR) is 100 cm³/mol. The topological polar surface area (TPSA) is 77.2 Å². The first-order valence-corrected chi connectivity index (χ1v) is 8.80. The summed E-state index contributed by atoms with van der Waals surface area (Å²) < 4.78 is 48.9. The highest BCUT2D eigenvalue weighted by molar-refractivity contribution is 6.08. The summed E-state index contributed by atoms with van der Waals surface area (Å²) in [5, 5.41) is 0. The fraction of sp³-hybridized carbons (Fsp3) is 0.300. The van der Waals surface area contributed by atoms with Crippen LogP contribution in [0.15, 0.2) is 47.5 Å². The Kier molecular flexibility index (Phi) is 5.41. The Morgan fingerprint density at radius 2 is 1.69 bits per heavy atom. The van der Waals surface area contributed by atoms with E-state index in [4.69, 9.17) is 10.5 Å². The number of alkyl halides is 2. The Labute approximate surface area is 165 Å². The lowest BCUT2D eigenvalue weighted by Gasteiger charge is -2.27. The molecule has 1 atom stereocenters. The average Bonchev–Trinajstić information content (AvgIpc) is 2.88. The van der Waals surface area contributed by atoms with E-state index in [0.29, 0.717) is 11.1 Å². The van der Waals surface area contributed by atoms with Crippen LogP contribution in [-0.2, 0) is 10.3 Å². The second-order valence-electron chi connectivity index (χ2n) is 6.76. The van der Waals surface area contributed by atoms with Gasteiger partial charge in [-0.1, -0.05) is 18.2 Å². The molecule has 0 saturated carbocycles. The SMILES string of the molecule is CC(C)Oc1cc(C2(c3ccc(OC(F)F)cc3)N=C(N)N(C)C2=O)ccc1F. The summed E-state index contributed by atoms with van der Waals surface area (Å²) in [6, 6.07) is 9.48. The number of guanidine groups is 1. The molecule has 1 heterocycles. The minimum atomic E-state index is -2.98. The van der Waals surface area contributed by atoms with Crippen molar-refractivity contribution in [1.82, 2.24) is 4.90 Å². The number of carbonyl (C=O) groups is 1. The first kappa shape index (κ1) is 20.5. The first-order chi connectivity index (χ1) is 13.6. The molecule has 29 heavy (non-hydrogen) atoms. The van der Waals surface area contributed by atoms with Crippen molar-refractivity contribution in [2.24, 2.45) is 10.7 Å². The van der Waals surface area contributed by atoms with Crippen LogP contribution in [-0.4, -0.2) is 36.5 Å². The van der Waals surface area contributed by atoms with Crippen molar-refractivity contribution in [3.63, 3.8) is 0 Å². The van der Waals surface area contributed by atoms with Crippen LogP contribution in [0.5, 0.6) is 11.5 Å². The molecule has 1 aliphatic heterocycles. The van der Waals surface area contributed by atoms with Gasteiger partial charge in [0.2, 0.25) is 0 Å². The summed E-state index contributed by atoms with van der Waals surface area (Å²) in [5.41, 5.74) is 4.97. The molecule has 2 aromatic rings. The van der Waals surface area contributed by atoms with Gasteiger partial charge >= 0.3 is 6.61 Å². The molecule has 1 unspecified atom stereocenters. The molecule has 3 rings (SSSR count). The monoisotopic (exact) mass is 407 g/mol. The highest BCUT2D eigenvalue weighted by Gasteiger charge is 2.49. The number of ether oxygens (including phenoxy) is 2. The minimum Gasteiger partial charge on any atom is -0.488 e. The average molecular weight is 407 g/mol. The highest BCUT2D eigenvalue weighted by Crippen LogP contribution is 2.41. The molecule has 1 amide bonds. The number of nitrogens with zero attached hydrogens (tertiary/aromatic N) is 2. The van der Waals surface area contributed by atoms with Crippen LogP contribution in [0.4, 0.5) is 13.2 Å². The molecular weight excluding hydrogens is 387 g/mol. The van der Waals surface area contributed by atoms with Gasteiger partial charge in [0.05, 0.1) is 6.10 Å². The van der Waals surface area contributed by atoms with Crippen LogP contribution < -0.4 is 15.2 Å². The van der Waals surface area contributed by atoms with Crippen LogP contribution >= 0.6 is 0 Å². The van der Waals surface area contributed by atoms with Crippen LogP contribution in [0, 0.1) is 5.82 Å². The number of amides is 1. The third-order valence-electron chi connectivity index (χ3n) is 4.45. The highest BCUT2D eigenvalue weighted by atomic mass is 19.3. The van der Waals surface area contributed by atoms with Gasteiger partial charge in [-0.15, -0.1) is 0 Å². The lowest BCUT2D eigenvalue weighted by Crippen LogP contribution is -2.41. The molecule has 154 valence electrons. The third kappa shape index (κ3) is 3.72. The van der Waals surface area contributed by atoms with Gasteiger partial charge in [0, 0.05) is 7.05 Å². The Hall–Kier alpha value is -3.23. The molecule has 0 radical (unpaired) electrons.